The second kappa shape index (κ2) is 22.0. The minimum absolute atomic E-state index is 0.0418. The highest BCUT2D eigenvalue weighted by molar-refractivity contribution is 6.14. The van der Waals surface area contributed by atoms with Gasteiger partial charge < -0.3 is 49.1 Å². The molecule has 3 amide bonds. The van der Waals surface area contributed by atoms with Gasteiger partial charge in [-0.25, -0.2) is 13.8 Å². The predicted octanol–water partition coefficient (Wildman–Crippen LogP) is 11.4. The Morgan fingerprint density at radius 2 is 0.973 bits per heavy atom. The molecule has 1 atom stereocenters. The Labute approximate surface area is 423 Å². The number of aliphatic imine (C=N–C) groups is 1. The Balaban J connectivity index is 0.948. The first-order chi connectivity index (χ1) is 35.9. The molecule has 0 spiro atoms. The van der Waals surface area contributed by atoms with Gasteiger partial charge in [-0.15, -0.1) is 0 Å². The summed E-state index contributed by atoms with van der Waals surface area (Å²) in [5.74, 6) is -0.141. The minimum atomic E-state index is -1.36. The molecule has 1 fully saturated rings. The topological polar surface area (TPSA) is 190 Å². The summed E-state index contributed by atoms with van der Waals surface area (Å²) in [6.07, 6.45) is 3.77. The zero-order valence-electron chi connectivity index (χ0n) is 40.4. The van der Waals surface area contributed by atoms with Crippen LogP contribution in [0, 0.1) is 23.0 Å². The number of benzene rings is 6. The number of ether oxygens (including phenoxy) is 7. The summed E-state index contributed by atoms with van der Waals surface area (Å²) in [6, 6.07) is 34.3. The van der Waals surface area contributed by atoms with E-state index in [1.165, 1.54) is 62.8 Å². The highest BCUT2D eigenvalue weighted by Gasteiger charge is 2.56. The van der Waals surface area contributed by atoms with Crippen molar-refractivity contribution in [2.45, 2.75) is 19.3 Å². The second-order valence-corrected chi connectivity index (χ2v) is 16.9. The molecular weight excluding hydrogens is 955 g/mol. The number of nitrogens with one attached hydrogen (secondary N) is 3. The third-order valence-corrected chi connectivity index (χ3v) is 12.1. The summed E-state index contributed by atoms with van der Waals surface area (Å²) in [6.45, 7) is -0.243. The molecule has 376 valence electrons. The second-order valence-electron chi connectivity index (χ2n) is 16.9. The monoisotopic (exact) mass is 1000 g/mol. The highest BCUT2D eigenvalue weighted by atomic mass is 19.1. The lowest BCUT2D eigenvalue weighted by Gasteiger charge is -2.21. The molecular formula is C56H48F2N6O10. The van der Waals surface area contributed by atoms with Crippen molar-refractivity contribution in [3.63, 3.8) is 0 Å². The van der Waals surface area contributed by atoms with Gasteiger partial charge in [0.05, 0.1) is 51.8 Å². The summed E-state index contributed by atoms with van der Waals surface area (Å²) in [7, 11) is 6.16. The maximum Gasteiger partial charge on any atom is 0.239 e. The number of carbonyl (C=O) groups excluding carboxylic acids is 3. The Morgan fingerprint density at radius 3 is 1.42 bits per heavy atom. The van der Waals surface area contributed by atoms with Crippen LogP contribution in [0.15, 0.2) is 151 Å². The van der Waals surface area contributed by atoms with Crippen LogP contribution in [0.5, 0.6) is 46.0 Å². The quantitative estimate of drug-likeness (QED) is 0.0395. The fourth-order valence-corrected chi connectivity index (χ4v) is 8.01. The number of anilines is 3. The van der Waals surface area contributed by atoms with Crippen LogP contribution in [-0.4, -0.2) is 68.6 Å². The van der Waals surface area contributed by atoms with E-state index in [1.807, 2.05) is 0 Å². The van der Waals surface area contributed by atoms with Crippen molar-refractivity contribution in [1.29, 1.82) is 0 Å². The largest absolute Gasteiger partial charge is 0.493 e. The van der Waals surface area contributed by atoms with Crippen LogP contribution in [0.2, 0.25) is 0 Å². The molecule has 1 unspecified atom stereocenters. The molecule has 6 aromatic carbocycles. The standard InChI is InChI=1S/C56H48F2N6O10/c1-68-48-29-42-44(31-50(48)70-3)59-26-21-46(42)73-39-17-13-36(14-18-39)62-53(66)41(52(65)61-35-9-5-33(57)6-10-35)23-28-72-55(56(24-25-56)54(67)63-37-11-7-34(58)8-12-37)64-38-15-19-40(20-16-38)74-47-22-27-60-45-32-51(71-4)49(69-2)30-43(45)47/h5-22,26-27,29-32,41H,23-25,28H2,1-4H3,(H,61,65)(H,62,66)(H,63,67)/b64-55-. The molecule has 16 nitrogen and oxygen atoms in total. The van der Waals surface area contributed by atoms with Crippen molar-refractivity contribution in [1.82, 2.24) is 9.97 Å². The highest BCUT2D eigenvalue weighted by Crippen LogP contribution is 2.49. The van der Waals surface area contributed by atoms with Gasteiger partial charge in [0, 0.05) is 58.8 Å². The number of carbonyl (C=O) groups is 3. The fourth-order valence-electron chi connectivity index (χ4n) is 8.01. The zero-order valence-corrected chi connectivity index (χ0v) is 40.4. The number of methoxy groups -OCH3 is 4. The van der Waals surface area contributed by atoms with Gasteiger partial charge in [-0.3, -0.25) is 24.4 Å². The first kappa shape index (κ1) is 49.7. The minimum Gasteiger partial charge on any atom is -0.493 e. The van der Waals surface area contributed by atoms with Gasteiger partial charge in [-0.05, 0) is 134 Å². The first-order valence-electron chi connectivity index (χ1n) is 23.2. The van der Waals surface area contributed by atoms with Gasteiger partial charge in [0.15, 0.2) is 23.0 Å². The van der Waals surface area contributed by atoms with Crippen molar-refractivity contribution in [2.24, 2.45) is 16.3 Å². The number of halogens is 2. The van der Waals surface area contributed by atoms with Crippen LogP contribution in [0.3, 0.4) is 0 Å². The van der Waals surface area contributed by atoms with Crippen LogP contribution < -0.4 is 44.4 Å². The van der Waals surface area contributed by atoms with E-state index in [2.05, 4.69) is 25.9 Å². The number of pyridine rings is 2. The molecule has 2 aromatic heterocycles. The first-order valence-corrected chi connectivity index (χ1v) is 23.2. The molecule has 0 bridgehead atoms. The fraction of sp³-hybridized carbons (Fsp3) is 0.179. The maximum atomic E-state index is 14.1. The van der Waals surface area contributed by atoms with E-state index in [-0.39, 0.29) is 24.6 Å². The smallest absolute Gasteiger partial charge is 0.239 e. The Kier molecular flexibility index (Phi) is 14.8. The van der Waals surface area contributed by atoms with E-state index in [9.17, 15) is 23.2 Å². The van der Waals surface area contributed by atoms with Gasteiger partial charge in [0.25, 0.3) is 0 Å². The molecule has 0 radical (unpaired) electrons. The molecule has 1 saturated carbocycles. The molecule has 9 rings (SSSR count). The SMILES string of the molecule is COc1cc2nccc(Oc3ccc(/N=C(\OCCC(C(=O)Nc4ccc(F)cc4)C(=O)Nc4ccc(Oc5ccnc6cc(OC)c(OC)cc56)cc4)C4(C(=O)Nc5ccc(F)cc5)CC4)cc3)c2cc1OC. The Hall–Kier alpha value is -9.32. The summed E-state index contributed by atoms with van der Waals surface area (Å²) < 4.78 is 68.4. The Bertz CT molecular complexity index is 3370. The third kappa shape index (κ3) is 11.2. The normalized spacial score (nSPS) is 13.0. The molecule has 1 aliphatic carbocycles. The van der Waals surface area contributed by atoms with Crippen LogP contribution in [0.4, 0.5) is 31.5 Å². The molecule has 0 aliphatic heterocycles. The maximum absolute atomic E-state index is 14.1. The molecule has 74 heavy (non-hydrogen) atoms. The Morgan fingerprint density at radius 1 is 0.554 bits per heavy atom. The molecule has 2 heterocycles. The van der Waals surface area contributed by atoms with E-state index in [1.54, 1.807) is 112 Å². The summed E-state index contributed by atoms with van der Waals surface area (Å²) in [5, 5.41) is 9.74. The lowest BCUT2D eigenvalue weighted by atomic mass is 10.0. The predicted molar refractivity (Wildman–Crippen MR) is 274 cm³/mol. The van der Waals surface area contributed by atoms with E-state index in [0.717, 1.165) is 0 Å². The van der Waals surface area contributed by atoms with E-state index < -0.39 is 40.7 Å². The van der Waals surface area contributed by atoms with Gasteiger partial charge in [0.1, 0.15) is 46.0 Å². The van der Waals surface area contributed by atoms with Gasteiger partial charge in [0.2, 0.25) is 23.6 Å². The lowest BCUT2D eigenvalue weighted by molar-refractivity contribution is -0.130. The number of hydrogen-bond donors (Lipinski definition) is 3. The van der Waals surface area contributed by atoms with Gasteiger partial charge in [-0.2, -0.15) is 0 Å². The van der Waals surface area contributed by atoms with Crippen LogP contribution in [0.25, 0.3) is 21.8 Å². The molecule has 1 aliphatic rings. The average molecular weight is 1000 g/mol. The van der Waals surface area contributed by atoms with Gasteiger partial charge >= 0.3 is 0 Å². The summed E-state index contributed by atoms with van der Waals surface area (Å²) in [5.41, 5.74) is 1.41. The van der Waals surface area contributed by atoms with Crippen molar-refractivity contribution in [3.8, 4) is 46.0 Å². The number of rotatable bonds is 19. The van der Waals surface area contributed by atoms with E-state index >= 15 is 0 Å². The van der Waals surface area contributed by atoms with Crippen molar-refractivity contribution in [2.75, 3.05) is 51.0 Å². The molecule has 8 aromatic rings. The number of amides is 3. The number of aromatic nitrogens is 2. The number of hydrogen-bond acceptors (Lipinski definition) is 13. The third-order valence-electron chi connectivity index (χ3n) is 12.1. The van der Waals surface area contributed by atoms with Crippen LogP contribution in [0.1, 0.15) is 19.3 Å². The number of fused-ring (bicyclic) bond motifs is 2. The van der Waals surface area contributed by atoms with E-state index in [0.29, 0.717) is 97.7 Å². The van der Waals surface area contributed by atoms with Crippen molar-refractivity contribution in [3.05, 3.63) is 157 Å². The van der Waals surface area contributed by atoms with Crippen molar-refractivity contribution >= 4 is 68.2 Å². The van der Waals surface area contributed by atoms with Crippen LogP contribution in [-0.2, 0) is 19.1 Å². The summed E-state index contributed by atoms with van der Waals surface area (Å²) in [4.78, 5) is 55.9. The van der Waals surface area contributed by atoms with Crippen molar-refractivity contribution < 1.29 is 56.3 Å². The lowest BCUT2D eigenvalue weighted by Crippen LogP contribution is -2.36. The zero-order chi connectivity index (χ0) is 51.8. The van der Waals surface area contributed by atoms with Gasteiger partial charge in [-0.1, -0.05) is 0 Å². The number of nitrogens with zero attached hydrogens (tertiary/aromatic N) is 3. The van der Waals surface area contributed by atoms with Crippen LogP contribution >= 0.6 is 0 Å². The van der Waals surface area contributed by atoms with E-state index in [4.69, 9.17) is 38.2 Å². The average Bonchev–Trinajstić information content (AvgIpc) is 4.23. The molecule has 18 heteroatoms. The molecule has 0 saturated heterocycles. The molecule has 3 N–H and O–H groups in total. The summed E-state index contributed by atoms with van der Waals surface area (Å²) >= 11 is 0.